The molecular formula is C15H15F2N. The molecule has 3 heteroatoms. The Hall–Kier alpha value is -1.74. The van der Waals surface area contributed by atoms with Crippen LogP contribution in [0.4, 0.5) is 8.78 Å². The smallest absolute Gasteiger partial charge is 0.123 e. The highest BCUT2D eigenvalue weighted by Gasteiger charge is 2.12. The summed E-state index contributed by atoms with van der Waals surface area (Å²) < 4.78 is 26.6. The number of hydrogen-bond acceptors (Lipinski definition) is 1. The van der Waals surface area contributed by atoms with Crippen LogP contribution in [0.3, 0.4) is 0 Å². The van der Waals surface area contributed by atoms with Crippen molar-refractivity contribution in [3.63, 3.8) is 0 Å². The molecule has 0 spiro atoms. The van der Waals surface area contributed by atoms with E-state index in [2.05, 4.69) is 5.32 Å². The maximum atomic E-state index is 13.4. The predicted molar refractivity (Wildman–Crippen MR) is 69.3 cm³/mol. The van der Waals surface area contributed by atoms with E-state index in [1.165, 1.54) is 24.3 Å². The van der Waals surface area contributed by atoms with Crippen LogP contribution in [0, 0.1) is 11.6 Å². The van der Waals surface area contributed by atoms with Gasteiger partial charge in [0, 0.05) is 6.04 Å². The average molecular weight is 247 g/mol. The Morgan fingerprint density at radius 3 is 2.39 bits per heavy atom. The Morgan fingerprint density at radius 1 is 1.00 bits per heavy atom. The topological polar surface area (TPSA) is 12.0 Å². The van der Waals surface area contributed by atoms with Gasteiger partial charge in [-0.25, -0.2) is 8.78 Å². The fourth-order valence-electron chi connectivity index (χ4n) is 1.97. The molecule has 0 saturated heterocycles. The Balaban J connectivity index is 2.58. The minimum atomic E-state index is -0.320. The van der Waals surface area contributed by atoms with Gasteiger partial charge in [0.05, 0.1) is 0 Å². The largest absolute Gasteiger partial charge is 0.313 e. The molecule has 94 valence electrons. The molecule has 1 N–H and O–H groups in total. The van der Waals surface area contributed by atoms with Crippen molar-refractivity contribution in [3.05, 3.63) is 59.7 Å². The summed E-state index contributed by atoms with van der Waals surface area (Å²) in [5.41, 5.74) is 2.35. The van der Waals surface area contributed by atoms with Crippen LogP contribution in [-0.4, -0.2) is 7.05 Å². The van der Waals surface area contributed by atoms with Crippen molar-refractivity contribution in [1.82, 2.24) is 5.32 Å². The average Bonchev–Trinajstić information content (AvgIpc) is 2.38. The van der Waals surface area contributed by atoms with Gasteiger partial charge in [0.1, 0.15) is 11.6 Å². The van der Waals surface area contributed by atoms with Crippen molar-refractivity contribution < 1.29 is 8.78 Å². The first-order valence-electron chi connectivity index (χ1n) is 5.84. The van der Waals surface area contributed by atoms with Crippen LogP contribution < -0.4 is 5.32 Å². The fourth-order valence-corrected chi connectivity index (χ4v) is 1.97. The Kier molecular flexibility index (Phi) is 3.72. The van der Waals surface area contributed by atoms with Crippen molar-refractivity contribution in [2.45, 2.75) is 13.0 Å². The molecule has 1 nitrogen and oxygen atoms in total. The highest BCUT2D eigenvalue weighted by Crippen LogP contribution is 2.29. The molecule has 1 atom stereocenters. The molecule has 0 aliphatic rings. The lowest BCUT2D eigenvalue weighted by Crippen LogP contribution is -2.13. The van der Waals surface area contributed by atoms with Gasteiger partial charge in [0.25, 0.3) is 0 Å². The molecule has 0 radical (unpaired) electrons. The Morgan fingerprint density at radius 2 is 1.72 bits per heavy atom. The third-order valence-electron chi connectivity index (χ3n) is 3.05. The summed E-state index contributed by atoms with van der Waals surface area (Å²) in [4.78, 5) is 0. The van der Waals surface area contributed by atoms with Crippen molar-refractivity contribution in [1.29, 1.82) is 0 Å². The van der Waals surface area contributed by atoms with Gasteiger partial charge in [-0.3, -0.25) is 0 Å². The van der Waals surface area contributed by atoms with Crippen LogP contribution in [-0.2, 0) is 0 Å². The van der Waals surface area contributed by atoms with Crippen molar-refractivity contribution in [3.8, 4) is 11.1 Å². The molecule has 0 aliphatic heterocycles. The molecule has 2 aromatic rings. The summed E-state index contributed by atoms with van der Waals surface area (Å²) in [5, 5.41) is 3.11. The van der Waals surface area contributed by atoms with Crippen molar-refractivity contribution >= 4 is 0 Å². The summed E-state index contributed by atoms with van der Waals surface area (Å²) in [5.74, 6) is -0.638. The van der Waals surface area contributed by atoms with Gasteiger partial charge in [0.15, 0.2) is 0 Å². The van der Waals surface area contributed by atoms with E-state index >= 15 is 0 Å². The maximum Gasteiger partial charge on any atom is 0.123 e. The molecule has 0 fully saturated rings. The van der Waals surface area contributed by atoms with E-state index < -0.39 is 0 Å². The van der Waals surface area contributed by atoms with E-state index in [1.54, 1.807) is 18.2 Å². The number of nitrogens with one attached hydrogen (secondary N) is 1. The second-order valence-electron chi connectivity index (χ2n) is 4.25. The van der Waals surface area contributed by atoms with E-state index in [-0.39, 0.29) is 17.7 Å². The van der Waals surface area contributed by atoms with Crippen LogP contribution in [0.1, 0.15) is 18.5 Å². The van der Waals surface area contributed by atoms with Gasteiger partial charge in [-0.15, -0.1) is 0 Å². The Labute approximate surface area is 105 Å². The number of rotatable bonds is 3. The standard InChI is InChI=1S/C15H15F2N/c1-10(18-2)14-7-6-13(17)9-15(14)11-4-3-5-12(16)8-11/h3-10,18H,1-2H3. The fraction of sp³-hybridized carbons (Fsp3) is 0.200. The molecule has 0 bridgehead atoms. The van der Waals surface area contributed by atoms with Crippen LogP contribution in [0.25, 0.3) is 11.1 Å². The summed E-state index contributed by atoms with van der Waals surface area (Å²) in [6.45, 7) is 1.98. The molecule has 0 aromatic heterocycles. The van der Waals surface area contributed by atoms with Crippen LogP contribution in [0.5, 0.6) is 0 Å². The zero-order valence-corrected chi connectivity index (χ0v) is 10.4. The molecule has 0 saturated carbocycles. The molecule has 2 rings (SSSR count). The van der Waals surface area contributed by atoms with Gasteiger partial charge >= 0.3 is 0 Å². The number of hydrogen-bond donors (Lipinski definition) is 1. The SMILES string of the molecule is CNC(C)c1ccc(F)cc1-c1cccc(F)c1. The Bertz CT molecular complexity index is 552. The second-order valence-corrected chi connectivity index (χ2v) is 4.25. The van der Waals surface area contributed by atoms with Gasteiger partial charge in [-0.05, 0) is 54.9 Å². The van der Waals surface area contributed by atoms with Crippen molar-refractivity contribution in [2.75, 3.05) is 7.05 Å². The van der Waals surface area contributed by atoms with Gasteiger partial charge in [0.2, 0.25) is 0 Å². The van der Waals surface area contributed by atoms with E-state index in [0.717, 1.165) is 11.1 Å². The lowest BCUT2D eigenvalue weighted by atomic mass is 9.95. The first kappa shape index (κ1) is 12.7. The normalized spacial score (nSPS) is 12.4. The molecule has 18 heavy (non-hydrogen) atoms. The first-order chi connectivity index (χ1) is 8.61. The zero-order valence-electron chi connectivity index (χ0n) is 10.4. The summed E-state index contributed by atoms with van der Waals surface area (Å²) in [7, 11) is 1.84. The summed E-state index contributed by atoms with van der Waals surface area (Å²) in [6, 6.07) is 10.9. The molecule has 0 heterocycles. The highest BCUT2D eigenvalue weighted by molar-refractivity contribution is 5.68. The minimum absolute atomic E-state index is 0.0730. The molecule has 0 aliphatic carbocycles. The third-order valence-corrected chi connectivity index (χ3v) is 3.05. The summed E-state index contributed by atoms with van der Waals surface area (Å²) in [6.07, 6.45) is 0. The van der Waals surface area contributed by atoms with E-state index in [1.807, 2.05) is 14.0 Å². The van der Waals surface area contributed by atoms with Crippen LogP contribution in [0.15, 0.2) is 42.5 Å². The van der Waals surface area contributed by atoms with E-state index in [0.29, 0.717) is 5.56 Å². The van der Waals surface area contributed by atoms with Gasteiger partial charge in [-0.2, -0.15) is 0 Å². The first-order valence-corrected chi connectivity index (χ1v) is 5.84. The third kappa shape index (κ3) is 2.57. The second kappa shape index (κ2) is 5.27. The highest BCUT2D eigenvalue weighted by atomic mass is 19.1. The van der Waals surface area contributed by atoms with Gasteiger partial charge < -0.3 is 5.32 Å². The van der Waals surface area contributed by atoms with Crippen LogP contribution >= 0.6 is 0 Å². The van der Waals surface area contributed by atoms with E-state index in [4.69, 9.17) is 0 Å². The summed E-state index contributed by atoms with van der Waals surface area (Å²) >= 11 is 0. The molecule has 0 amide bonds. The van der Waals surface area contributed by atoms with Gasteiger partial charge in [-0.1, -0.05) is 18.2 Å². The van der Waals surface area contributed by atoms with Crippen LogP contribution in [0.2, 0.25) is 0 Å². The lowest BCUT2D eigenvalue weighted by molar-refractivity contribution is 0.618. The molecule has 2 aromatic carbocycles. The van der Waals surface area contributed by atoms with E-state index in [9.17, 15) is 8.78 Å². The zero-order chi connectivity index (χ0) is 13.1. The maximum absolute atomic E-state index is 13.4. The molecular weight excluding hydrogens is 232 g/mol. The quantitative estimate of drug-likeness (QED) is 0.867. The lowest BCUT2D eigenvalue weighted by Gasteiger charge is -2.16. The molecule has 1 unspecified atom stereocenters. The van der Waals surface area contributed by atoms with Crippen molar-refractivity contribution in [2.24, 2.45) is 0 Å². The monoisotopic (exact) mass is 247 g/mol. The predicted octanol–water partition coefficient (Wildman–Crippen LogP) is 3.91. The minimum Gasteiger partial charge on any atom is -0.313 e. The number of benzene rings is 2. The number of halogens is 2.